The molecule has 6 nitrogen and oxygen atoms in total. The van der Waals surface area contributed by atoms with Crippen molar-refractivity contribution < 1.29 is 45.8 Å². The van der Waals surface area contributed by atoms with E-state index in [-0.39, 0.29) is 42.9 Å². The van der Waals surface area contributed by atoms with E-state index < -0.39 is 12.3 Å². The summed E-state index contributed by atoms with van der Waals surface area (Å²) in [6, 6.07) is 7.67. The van der Waals surface area contributed by atoms with E-state index in [1.807, 2.05) is 0 Å². The van der Waals surface area contributed by atoms with Gasteiger partial charge in [0.25, 0.3) is 0 Å². The number of nitrogens with zero attached hydrogens (tertiary/aromatic N) is 2. The number of aliphatic hydroxyl groups is 1. The van der Waals surface area contributed by atoms with Gasteiger partial charge in [-0.05, 0) is 25.9 Å². The Morgan fingerprint density at radius 3 is 2.75 bits per heavy atom. The van der Waals surface area contributed by atoms with Crippen LogP contribution in [0.2, 0.25) is 0 Å². The maximum absolute atomic E-state index is 12.2. The number of hydrogen-bond acceptors (Lipinski definition) is 4. The molecule has 3 atom stereocenters. The molecule has 1 aromatic carbocycles. The second-order valence-corrected chi connectivity index (χ2v) is 7.62. The maximum atomic E-state index is 12.2. The fraction of sp³-hybridized carbons (Fsp3) is 0.571. The molecular formula is C21H29N3O3U. The van der Waals surface area contributed by atoms with Gasteiger partial charge in [-0.15, -0.1) is 12.1 Å². The van der Waals surface area contributed by atoms with E-state index in [1.165, 1.54) is 26.1 Å². The number of carbonyl (C=O) groups excluding carboxylic acids is 2. The molecule has 3 aliphatic heterocycles. The number of carbonyl (C=O) groups is 2. The van der Waals surface area contributed by atoms with Crippen LogP contribution in [0.15, 0.2) is 18.2 Å². The molecule has 0 radical (unpaired) electrons. The van der Waals surface area contributed by atoms with Crippen LogP contribution in [0.5, 0.6) is 0 Å². The fourth-order valence-electron chi connectivity index (χ4n) is 3.93. The Kier molecular flexibility index (Phi) is 9.01. The first-order chi connectivity index (χ1) is 13.0. The summed E-state index contributed by atoms with van der Waals surface area (Å²) in [6.45, 7) is 8.71. The zero-order chi connectivity index (χ0) is 19.4. The first-order valence-corrected chi connectivity index (χ1v) is 9.82. The van der Waals surface area contributed by atoms with Gasteiger partial charge < -0.3 is 26.6 Å². The van der Waals surface area contributed by atoms with Crippen molar-refractivity contribution >= 4 is 11.8 Å². The molecule has 0 aliphatic carbocycles. The van der Waals surface area contributed by atoms with Crippen LogP contribution >= 0.6 is 0 Å². The van der Waals surface area contributed by atoms with Crippen molar-refractivity contribution in [2.45, 2.75) is 51.9 Å². The average molecular weight is 610 g/mol. The maximum Gasteiger partial charge on any atom is 2.00 e. The summed E-state index contributed by atoms with van der Waals surface area (Å²) >= 11 is 0. The normalized spacial score (nSPS) is 27.2. The van der Waals surface area contributed by atoms with Gasteiger partial charge in [0.05, 0.1) is 0 Å². The van der Waals surface area contributed by atoms with Gasteiger partial charge in [-0.3, -0.25) is 9.59 Å². The zero-order valence-electron chi connectivity index (χ0n) is 16.6. The predicted molar refractivity (Wildman–Crippen MR) is 103 cm³/mol. The van der Waals surface area contributed by atoms with Gasteiger partial charge in [-0.25, -0.2) is 0 Å². The molecule has 3 heterocycles. The van der Waals surface area contributed by atoms with Gasteiger partial charge in [0.15, 0.2) is 0 Å². The van der Waals surface area contributed by atoms with Crippen LogP contribution in [0.4, 0.5) is 0 Å². The summed E-state index contributed by atoms with van der Waals surface area (Å²) in [4.78, 5) is 28.1. The van der Waals surface area contributed by atoms with Crippen molar-refractivity contribution in [3.05, 3.63) is 41.8 Å². The molecule has 1 aromatic rings. The number of fused-ring (bicyclic) bond motifs is 1. The molecule has 2 amide bonds. The minimum Gasteiger partial charge on any atom is -0.374 e. The summed E-state index contributed by atoms with van der Waals surface area (Å²) < 4.78 is 0. The molecule has 150 valence electrons. The Morgan fingerprint density at radius 1 is 1.36 bits per heavy atom. The molecule has 28 heavy (non-hydrogen) atoms. The SMILES string of the molecule is CCN1C[CH-]CC(C)C1.O=C1N[C@H](O)CC[C@@H]1N1Cc2c[c-]ccc2C1=O.[U+2]. The fourth-order valence-corrected chi connectivity index (χ4v) is 3.93. The first-order valence-electron chi connectivity index (χ1n) is 9.82. The van der Waals surface area contributed by atoms with Crippen molar-refractivity contribution in [2.75, 3.05) is 19.6 Å². The number of likely N-dealkylation sites (tertiary alicyclic amines) is 1. The van der Waals surface area contributed by atoms with Crippen molar-refractivity contribution in [2.24, 2.45) is 5.92 Å². The third-order valence-electron chi connectivity index (χ3n) is 5.46. The van der Waals surface area contributed by atoms with E-state index >= 15 is 0 Å². The molecular weight excluding hydrogens is 580 g/mol. The Bertz CT molecular complexity index is 685. The Balaban J connectivity index is 0.000000239. The molecule has 2 fully saturated rings. The number of benzene rings is 1. The third kappa shape index (κ3) is 5.60. The number of aliphatic hydroxyl groups excluding tert-OH is 1. The predicted octanol–water partition coefficient (Wildman–Crippen LogP) is 1.59. The van der Waals surface area contributed by atoms with E-state index in [0.717, 1.165) is 11.5 Å². The number of nitrogens with one attached hydrogen (secondary N) is 1. The van der Waals surface area contributed by atoms with Crippen molar-refractivity contribution in [1.82, 2.24) is 15.1 Å². The summed E-state index contributed by atoms with van der Waals surface area (Å²) in [7, 11) is 0. The summed E-state index contributed by atoms with van der Waals surface area (Å²) in [6.07, 6.45) is 3.88. The van der Waals surface area contributed by atoms with Crippen LogP contribution in [-0.4, -0.2) is 58.6 Å². The molecule has 0 bridgehead atoms. The van der Waals surface area contributed by atoms with Crippen LogP contribution in [0.3, 0.4) is 0 Å². The molecule has 1 unspecified atom stereocenters. The molecule has 7 heteroatoms. The summed E-state index contributed by atoms with van der Waals surface area (Å²) in [5.41, 5.74) is 1.55. The van der Waals surface area contributed by atoms with E-state index in [9.17, 15) is 14.7 Å². The largest absolute Gasteiger partial charge is 2.00 e. The topological polar surface area (TPSA) is 72.9 Å². The first kappa shape index (κ1) is 23.4. The van der Waals surface area contributed by atoms with Gasteiger partial charge in [-0.1, -0.05) is 25.3 Å². The van der Waals surface area contributed by atoms with Gasteiger partial charge in [0.2, 0.25) is 11.8 Å². The van der Waals surface area contributed by atoms with Crippen LogP contribution in [-0.2, 0) is 11.3 Å². The zero-order valence-corrected chi connectivity index (χ0v) is 20.8. The standard InChI is InChI=1S/C13H13N2O3.C8H16N.U/c16-11-6-5-10(12(17)14-11)15-7-8-3-1-2-4-9(8)13(15)18;1-3-9-6-4-5-8(2)7-9;/h2-4,10-11,16H,5-7H2,(H,14,17);4,8H,3,5-7H2,1-2H3;/q2*-1;+2/t10-,11+;;/m0../s1. The van der Waals surface area contributed by atoms with E-state index in [2.05, 4.69) is 36.6 Å². The van der Waals surface area contributed by atoms with Gasteiger partial charge in [0, 0.05) is 6.54 Å². The van der Waals surface area contributed by atoms with Crippen molar-refractivity contribution in [3.63, 3.8) is 0 Å². The smallest absolute Gasteiger partial charge is 0.374 e. The molecule has 0 aromatic heterocycles. The van der Waals surface area contributed by atoms with E-state index in [1.54, 1.807) is 23.1 Å². The summed E-state index contributed by atoms with van der Waals surface area (Å²) in [5.74, 6) is 0.494. The molecule has 2 N–H and O–H groups in total. The van der Waals surface area contributed by atoms with Gasteiger partial charge >= 0.3 is 31.1 Å². The van der Waals surface area contributed by atoms with Crippen LogP contribution in [0.25, 0.3) is 0 Å². The van der Waals surface area contributed by atoms with E-state index in [4.69, 9.17) is 0 Å². The van der Waals surface area contributed by atoms with Crippen LogP contribution in [0.1, 0.15) is 49.0 Å². The molecule has 3 aliphatic rings. The quantitative estimate of drug-likeness (QED) is 0.500. The van der Waals surface area contributed by atoms with Crippen molar-refractivity contribution in [1.29, 1.82) is 0 Å². The molecule has 0 spiro atoms. The third-order valence-corrected chi connectivity index (χ3v) is 5.46. The number of hydrogen-bond donors (Lipinski definition) is 2. The monoisotopic (exact) mass is 609 g/mol. The second kappa shape index (κ2) is 10.8. The minimum absolute atomic E-state index is 0. The Hall–Kier alpha value is -0.868. The average Bonchev–Trinajstić information content (AvgIpc) is 2.99. The second-order valence-electron chi connectivity index (χ2n) is 7.62. The molecule has 0 saturated carbocycles. The van der Waals surface area contributed by atoms with Crippen molar-refractivity contribution in [3.8, 4) is 0 Å². The molecule has 4 rings (SSSR count). The van der Waals surface area contributed by atoms with Gasteiger partial charge in [0.1, 0.15) is 12.3 Å². The Labute approximate surface area is 191 Å². The summed E-state index contributed by atoms with van der Waals surface area (Å²) in [5, 5.41) is 11.8. The number of rotatable bonds is 2. The minimum atomic E-state index is -0.790. The number of amides is 2. The van der Waals surface area contributed by atoms with Crippen LogP contribution < -0.4 is 5.32 Å². The van der Waals surface area contributed by atoms with E-state index in [0.29, 0.717) is 24.9 Å². The Morgan fingerprint density at radius 2 is 2.14 bits per heavy atom. The van der Waals surface area contributed by atoms with Gasteiger partial charge in [-0.2, -0.15) is 30.7 Å². The molecule has 2 saturated heterocycles. The number of piperidine rings is 2. The van der Waals surface area contributed by atoms with Crippen LogP contribution in [0, 0.1) is 49.5 Å².